The molecule has 0 unspecified atom stereocenters. The van der Waals surface area contributed by atoms with Gasteiger partial charge in [-0.15, -0.1) is 0 Å². The van der Waals surface area contributed by atoms with Crippen molar-refractivity contribution in [1.29, 1.82) is 0 Å². The molecule has 1 saturated carbocycles. The smallest absolute Gasteiger partial charge is 0.315 e. The van der Waals surface area contributed by atoms with Gasteiger partial charge in [0.05, 0.1) is 25.2 Å². The second kappa shape index (κ2) is 4.17. The van der Waals surface area contributed by atoms with Gasteiger partial charge in [-0.25, -0.2) is 0 Å². The Kier molecular flexibility index (Phi) is 2.71. The lowest BCUT2D eigenvalue weighted by Crippen LogP contribution is -2.30. The van der Waals surface area contributed by atoms with Crippen LogP contribution in [-0.4, -0.2) is 31.6 Å². The molecule has 100 valence electrons. The molecule has 2 atom stereocenters. The van der Waals surface area contributed by atoms with Crippen molar-refractivity contribution in [2.45, 2.75) is 13.3 Å². The van der Waals surface area contributed by atoms with Gasteiger partial charge in [0.25, 0.3) is 0 Å². The Morgan fingerprint density at radius 2 is 1.89 bits per heavy atom. The minimum absolute atomic E-state index is 0.00125. The molecule has 2 fully saturated rings. The Morgan fingerprint density at radius 3 is 2.58 bits per heavy atom. The fourth-order valence-corrected chi connectivity index (χ4v) is 3.07. The first-order chi connectivity index (χ1) is 9.16. The van der Waals surface area contributed by atoms with Crippen LogP contribution in [-0.2, 0) is 14.3 Å². The molecule has 4 nitrogen and oxygen atoms in total. The van der Waals surface area contributed by atoms with Gasteiger partial charge < -0.3 is 9.47 Å². The number of Topliss-reactive ketones (excluding diaryl/α,β-unsaturated/α-hetero) is 1. The van der Waals surface area contributed by atoms with Crippen molar-refractivity contribution in [3.63, 3.8) is 0 Å². The number of hydrogen-bond acceptors (Lipinski definition) is 4. The fraction of sp³-hybridized carbons (Fsp3) is 0.467. The van der Waals surface area contributed by atoms with E-state index in [0.29, 0.717) is 31.8 Å². The van der Waals surface area contributed by atoms with Crippen molar-refractivity contribution in [3.05, 3.63) is 35.9 Å². The first-order valence-corrected chi connectivity index (χ1v) is 6.51. The van der Waals surface area contributed by atoms with Gasteiger partial charge in [0.1, 0.15) is 5.41 Å². The van der Waals surface area contributed by atoms with E-state index in [1.807, 2.05) is 18.2 Å². The van der Waals surface area contributed by atoms with Crippen LogP contribution in [0.5, 0.6) is 0 Å². The van der Waals surface area contributed by atoms with Crippen molar-refractivity contribution in [1.82, 2.24) is 0 Å². The van der Waals surface area contributed by atoms with E-state index < -0.39 is 10.8 Å². The van der Waals surface area contributed by atoms with Crippen LogP contribution in [0.15, 0.2) is 30.3 Å². The van der Waals surface area contributed by atoms with Crippen molar-refractivity contribution in [2.75, 3.05) is 19.8 Å². The van der Waals surface area contributed by atoms with Crippen LogP contribution in [0.3, 0.4) is 0 Å². The second-order valence-electron chi connectivity index (χ2n) is 5.25. The number of benzene rings is 1. The number of hydrogen-bond donors (Lipinski definition) is 0. The van der Waals surface area contributed by atoms with Crippen LogP contribution >= 0.6 is 0 Å². The summed E-state index contributed by atoms with van der Waals surface area (Å²) >= 11 is 0. The zero-order valence-corrected chi connectivity index (χ0v) is 10.8. The summed E-state index contributed by atoms with van der Waals surface area (Å²) in [5.41, 5.74) is -0.796. The van der Waals surface area contributed by atoms with E-state index >= 15 is 0 Å². The molecule has 1 saturated heterocycles. The van der Waals surface area contributed by atoms with Crippen LogP contribution < -0.4 is 0 Å². The third-order valence-corrected chi connectivity index (χ3v) is 4.23. The van der Waals surface area contributed by atoms with Gasteiger partial charge in [-0.2, -0.15) is 0 Å². The highest BCUT2D eigenvalue weighted by Gasteiger charge is 2.79. The SMILES string of the molecule is CCOC(=O)[C@]12COC[C@@]1(C(=O)c1ccccc1)C2. The minimum atomic E-state index is -0.740. The van der Waals surface area contributed by atoms with Crippen molar-refractivity contribution in [2.24, 2.45) is 10.8 Å². The zero-order valence-electron chi connectivity index (χ0n) is 10.8. The Morgan fingerprint density at radius 1 is 1.21 bits per heavy atom. The molecule has 1 heterocycles. The molecule has 1 aliphatic carbocycles. The Balaban J connectivity index is 1.89. The van der Waals surface area contributed by atoms with Crippen molar-refractivity contribution >= 4 is 11.8 Å². The van der Waals surface area contributed by atoms with E-state index in [1.165, 1.54) is 0 Å². The average Bonchev–Trinajstić information content (AvgIpc) is 2.97. The summed E-state index contributed by atoms with van der Waals surface area (Å²) < 4.78 is 10.5. The van der Waals surface area contributed by atoms with Gasteiger partial charge in [-0.05, 0) is 13.3 Å². The molecule has 0 spiro atoms. The molecule has 3 rings (SSSR count). The number of fused-ring (bicyclic) bond motifs is 1. The summed E-state index contributed by atoms with van der Waals surface area (Å²) in [5.74, 6) is -0.296. The molecule has 0 N–H and O–H groups in total. The van der Waals surface area contributed by atoms with Gasteiger partial charge in [0.15, 0.2) is 5.78 Å². The van der Waals surface area contributed by atoms with Crippen LogP contribution in [0.4, 0.5) is 0 Å². The normalized spacial score (nSPS) is 31.6. The monoisotopic (exact) mass is 260 g/mol. The molecule has 0 bridgehead atoms. The quantitative estimate of drug-likeness (QED) is 0.612. The number of ether oxygens (including phenoxy) is 2. The average molecular weight is 260 g/mol. The topological polar surface area (TPSA) is 52.6 Å². The van der Waals surface area contributed by atoms with Crippen LogP contribution in [0.2, 0.25) is 0 Å². The molecule has 19 heavy (non-hydrogen) atoms. The van der Waals surface area contributed by atoms with E-state index in [4.69, 9.17) is 9.47 Å². The maximum absolute atomic E-state index is 12.6. The number of carbonyl (C=O) groups excluding carboxylic acids is 2. The Hall–Kier alpha value is -1.68. The summed E-state index contributed by atoms with van der Waals surface area (Å²) in [6.07, 6.45) is 0.548. The third-order valence-electron chi connectivity index (χ3n) is 4.23. The number of carbonyl (C=O) groups is 2. The predicted molar refractivity (Wildman–Crippen MR) is 67.7 cm³/mol. The number of ketones is 1. The predicted octanol–water partition coefficient (Wildman–Crippen LogP) is 1.84. The third kappa shape index (κ3) is 1.56. The van der Waals surface area contributed by atoms with Crippen molar-refractivity contribution < 1.29 is 19.1 Å². The number of rotatable bonds is 4. The van der Waals surface area contributed by atoms with Crippen molar-refractivity contribution in [3.8, 4) is 0 Å². The summed E-state index contributed by atoms with van der Waals surface area (Å²) in [4.78, 5) is 24.7. The largest absolute Gasteiger partial charge is 0.465 e. The first-order valence-electron chi connectivity index (χ1n) is 6.51. The summed E-state index contributed by atoms with van der Waals surface area (Å²) in [5, 5.41) is 0. The fourth-order valence-electron chi connectivity index (χ4n) is 3.07. The minimum Gasteiger partial charge on any atom is -0.465 e. The molecule has 0 amide bonds. The highest BCUT2D eigenvalue weighted by atomic mass is 16.5. The molecule has 0 radical (unpaired) electrons. The second-order valence-corrected chi connectivity index (χ2v) is 5.25. The van der Waals surface area contributed by atoms with Gasteiger partial charge in [-0.1, -0.05) is 30.3 Å². The molecular weight excluding hydrogens is 244 g/mol. The van der Waals surface area contributed by atoms with Crippen LogP contribution in [0.1, 0.15) is 23.7 Å². The Labute approximate surface area is 111 Å². The summed E-state index contributed by atoms with van der Waals surface area (Å²) in [6, 6.07) is 9.08. The van der Waals surface area contributed by atoms with Crippen LogP contribution in [0, 0.1) is 10.8 Å². The molecule has 0 aromatic heterocycles. The van der Waals surface area contributed by atoms with Gasteiger partial charge in [0.2, 0.25) is 0 Å². The maximum atomic E-state index is 12.6. The zero-order chi connectivity index (χ0) is 13.5. The van der Waals surface area contributed by atoms with Gasteiger partial charge in [0, 0.05) is 5.56 Å². The lowest BCUT2D eigenvalue weighted by atomic mass is 9.88. The summed E-state index contributed by atoms with van der Waals surface area (Å²) in [7, 11) is 0. The summed E-state index contributed by atoms with van der Waals surface area (Å²) in [6.45, 7) is 2.72. The van der Waals surface area contributed by atoms with Gasteiger partial charge in [-0.3, -0.25) is 9.59 Å². The van der Waals surface area contributed by atoms with E-state index in [-0.39, 0.29) is 11.8 Å². The van der Waals surface area contributed by atoms with Gasteiger partial charge >= 0.3 is 5.97 Å². The Bertz CT molecular complexity index is 524. The van der Waals surface area contributed by atoms with E-state index in [2.05, 4.69) is 0 Å². The lowest BCUT2D eigenvalue weighted by Gasteiger charge is -2.14. The highest BCUT2D eigenvalue weighted by Crippen LogP contribution is 2.69. The molecular formula is C15H16O4. The maximum Gasteiger partial charge on any atom is 0.315 e. The number of esters is 1. The molecule has 4 heteroatoms. The molecule has 2 aliphatic rings. The molecule has 1 aromatic carbocycles. The van der Waals surface area contributed by atoms with E-state index in [1.54, 1.807) is 19.1 Å². The van der Waals surface area contributed by atoms with E-state index in [9.17, 15) is 9.59 Å². The molecule has 1 aromatic rings. The first kappa shape index (κ1) is 12.4. The molecule has 1 aliphatic heterocycles. The standard InChI is InChI=1S/C15H16O4/c1-2-19-13(17)15-8-14(15,9-18-10-15)12(16)11-6-4-3-5-7-11/h3-7H,2,8-10H2,1H3/t14-,15+/m1/s1. The van der Waals surface area contributed by atoms with Crippen LogP contribution in [0.25, 0.3) is 0 Å². The van der Waals surface area contributed by atoms with E-state index in [0.717, 1.165) is 0 Å². The lowest BCUT2D eigenvalue weighted by molar-refractivity contribution is -0.150. The highest BCUT2D eigenvalue weighted by molar-refractivity contribution is 6.08.